The summed E-state index contributed by atoms with van der Waals surface area (Å²) in [7, 11) is 1.49. The fourth-order valence-corrected chi connectivity index (χ4v) is 2.40. The Morgan fingerprint density at radius 1 is 1.16 bits per heavy atom. The standard InChI is InChI=1S/C17H35N3O5/c1-13(2)18-15(22)19(11-14(21)12-25-6)9-7-8-10-20(16(23)24)17(3,4)5/h13-14,21H,7-12H2,1-6H3,(H,18,22)(H,23,24)/t14-/m0/s1. The number of hydrogen-bond acceptors (Lipinski definition) is 4. The van der Waals surface area contributed by atoms with Gasteiger partial charge in [-0.25, -0.2) is 9.59 Å². The van der Waals surface area contributed by atoms with Crippen LogP contribution in [-0.4, -0.2) is 83.2 Å². The van der Waals surface area contributed by atoms with E-state index in [-0.39, 0.29) is 25.2 Å². The Balaban J connectivity index is 4.60. The van der Waals surface area contributed by atoms with E-state index in [0.29, 0.717) is 25.9 Å². The molecule has 0 aliphatic rings. The lowest BCUT2D eigenvalue weighted by Gasteiger charge is -2.33. The second-order valence-corrected chi connectivity index (χ2v) is 7.47. The number of methoxy groups -OCH3 is 1. The summed E-state index contributed by atoms with van der Waals surface area (Å²) in [6, 6.07) is -0.242. The van der Waals surface area contributed by atoms with E-state index in [0.717, 1.165) is 0 Å². The van der Waals surface area contributed by atoms with Gasteiger partial charge in [-0.05, 0) is 47.5 Å². The van der Waals surface area contributed by atoms with Gasteiger partial charge in [-0.15, -0.1) is 0 Å². The Bertz CT molecular complexity index is 410. The minimum Gasteiger partial charge on any atom is -0.465 e. The van der Waals surface area contributed by atoms with E-state index in [1.165, 1.54) is 12.0 Å². The third-order valence-electron chi connectivity index (χ3n) is 3.59. The second-order valence-electron chi connectivity index (χ2n) is 7.47. The fourth-order valence-electron chi connectivity index (χ4n) is 2.40. The van der Waals surface area contributed by atoms with Crippen LogP contribution < -0.4 is 5.32 Å². The normalized spacial score (nSPS) is 12.8. The van der Waals surface area contributed by atoms with Crippen LogP contribution in [0.15, 0.2) is 0 Å². The fraction of sp³-hybridized carbons (Fsp3) is 0.882. The van der Waals surface area contributed by atoms with E-state index in [2.05, 4.69) is 5.32 Å². The number of carbonyl (C=O) groups is 2. The largest absolute Gasteiger partial charge is 0.465 e. The van der Waals surface area contributed by atoms with Gasteiger partial charge in [0.1, 0.15) is 0 Å². The molecule has 3 amide bonds. The van der Waals surface area contributed by atoms with E-state index >= 15 is 0 Å². The summed E-state index contributed by atoms with van der Waals surface area (Å²) in [5.41, 5.74) is -0.463. The van der Waals surface area contributed by atoms with Crippen molar-refractivity contribution in [3.8, 4) is 0 Å². The zero-order valence-electron chi connectivity index (χ0n) is 16.4. The number of aliphatic hydroxyl groups excluding tert-OH is 1. The van der Waals surface area contributed by atoms with Crippen LogP contribution in [0.4, 0.5) is 9.59 Å². The van der Waals surface area contributed by atoms with E-state index in [1.807, 2.05) is 34.6 Å². The van der Waals surface area contributed by atoms with Gasteiger partial charge >= 0.3 is 12.1 Å². The molecule has 0 saturated carbocycles. The lowest BCUT2D eigenvalue weighted by atomic mass is 10.1. The van der Waals surface area contributed by atoms with Crippen LogP contribution in [0, 0.1) is 0 Å². The first-order valence-corrected chi connectivity index (χ1v) is 8.72. The van der Waals surface area contributed by atoms with Crippen LogP contribution in [-0.2, 0) is 4.74 Å². The maximum Gasteiger partial charge on any atom is 0.407 e. The van der Waals surface area contributed by atoms with Gasteiger partial charge in [0.25, 0.3) is 0 Å². The number of nitrogens with one attached hydrogen (secondary N) is 1. The van der Waals surface area contributed by atoms with E-state index in [4.69, 9.17) is 4.74 Å². The predicted octanol–water partition coefficient (Wildman–Crippen LogP) is 1.97. The van der Waals surface area contributed by atoms with Gasteiger partial charge in [-0.3, -0.25) is 0 Å². The van der Waals surface area contributed by atoms with Crippen molar-refractivity contribution in [1.29, 1.82) is 0 Å². The van der Waals surface area contributed by atoms with Crippen LogP contribution in [0.2, 0.25) is 0 Å². The first-order valence-electron chi connectivity index (χ1n) is 8.72. The molecule has 0 rings (SSSR count). The number of carbonyl (C=O) groups excluding carboxylic acids is 1. The quantitative estimate of drug-likeness (QED) is 0.516. The van der Waals surface area contributed by atoms with Gasteiger partial charge in [0.05, 0.1) is 19.3 Å². The summed E-state index contributed by atoms with van der Waals surface area (Å²) in [6.45, 7) is 10.5. The summed E-state index contributed by atoms with van der Waals surface area (Å²) < 4.78 is 4.91. The Morgan fingerprint density at radius 3 is 2.16 bits per heavy atom. The number of rotatable bonds is 10. The molecule has 0 bridgehead atoms. The van der Waals surface area contributed by atoms with Gasteiger partial charge in [0, 0.05) is 31.8 Å². The molecule has 8 nitrogen and oxygen atoms in total. The van der Waals surface area contributed by atoms with Crippen LogP contribution in [0.3, 0.4) is 0 Å². The molecule has 0 aliphatic carbocycles. The Kier molecular flexibility index (Phi) is 10.5. The monoisotopic (exact) mass is 361 g/mol. The molecule has 0 radical (unpaired) electrons. The average molecular weight is 361 g/mol. The summed E-state index contributed by atoms with van der Waals surface area (Å²) in [4.78, 5) is 26.5. The minimum atomic E-state index is -0.947. The van der Waals surface area contributed by atoms with Crippen molar-refractivity contribution < 1.29 is 24.5 Å². The first-order chi connectivity index (χ1) is 11.5. The summed E-state index contributed by atoms with van der Waals surface area (Å²) in [6.07, 6.45) is -0.425. The molecule has 0 aromatic heterocycles. The lowest BCUT2D eigenvalue weighted by molar-refractivity contribution is 0.0440. The number of amides is 3. The molecule has 0 unspecified atom stereocenters. The van der Waals surface area contributed by atoms with Gasteiger partial charge in [-0.1, -0.05) is 0 Å². The summed E-state index contributed by atoms with van der Waals surface area (Å²) >= 11 is 0. The van der Waals surface area contributed by atoms with Crippen LogP contribution >= 0.6 is 0 Å². The smallest absolute Gasteiger partial charge is 0.407 e. The number of unbranched alkanes of at least 4 members (excludes halogenated alkanes) is 1. The van der Waals surface area contributed by atoms with E-state index < -0.39 is 17.7 Å². The molecule has 25 heavy (non-hydrogen) atoms. The summed E-state index contributed by atoms with van der Waals surface area (Å²) in [5.74, 6) is 0. The summed E-state index contributed by atoms with van der Waals surface area (Å²) in [5, 5.41) is 22.0. The van der Waals surface area contributed by atoms with Crippen molar-refractivity contribution in [2.24, 2.45) is 0 Å². The molecular weight excluding hydrogens is 326 g/mol. The SMILES string of the molecule is COC[C@@H](O)CN(CCCCN(C(=O)O)C(C)(C)C)C(=O)NC(C)C. The van der Waals surface area contributed by atoms with E-state index in [1.54, 1.807) is 4.90 Å². The van der Waals surface area contributed by atoms with Gasteiger partial charge in [0.15, 0.2) is 0 Å². The van der Waals surface area contributed by atoms with Crippen molar-refractivity contribution in [3.05, 3.63) is 0 Å². The zero-order chi connectivity index (χ0) is 19.6. The zero-order valence-corrected chi connectivity index (χ0v) is 16.4. The Morgan fingerprint density at radius 2 is 1.72 bits per heavy atom. The number of aliphatic hydroxyl groups is 1. The average Bonchev–Trinajstić information content (AvgIpc) is 2.43. The minimum absolute atomic E-state index is 0.00189. The molecule has 1 atom stereocenters. The molecule has 0 spiro atoms. The van der Waals surface area contributed by atoms with Crippen molar-refractivity contribution in [2.75, 3.05) is 33.4 Å². The first kappa shape index (κ1) is 23.5. The number of carboxylic acid groups (broad SMARTS) is 1. The van der Waals surface area contributed by atoms with Crippen molar-refractivity contribution in [2.45, 2.75) is 65.1 Å². The second kappa shape index (κ2) is 11.1. The molecule has 0 aromatic carbocycles. The van der Waals surface area contributed by atoms with Crippen LogP contribution in [0.1, 0.15) is 47.5 Å². The predicted molar refractivity (Wildman–Crippen MR) is 96.8 cm³/mol. The molecule has 8 heteroatoms. The highest BCUT2D eigenvalue weighted by Crippen LogP contribution is 2.14. The molecule has 0 aliphatic heterocycles. The Hall–Kier alpha value is -1.54. The van der Waals surface area contributed by atoms with E-state index in [9.17, 15) is 19.8 Å². The number of nitrogens with zero attached hydrogens (tertiary/aromatic N) is 2. The van der Waals surface area contributed by atoms with Crippen LogP contribution in [0.25, 0.3) is 0 Å². The maximum atomic E-state index is 12.2. The Labute approximate surface area is 151 Å². The number of hydrogen-bond donors (Lipinski definition) is 3. The van der Waals surface area contributed by atoms with Crippen LogP contribution in [0.5, 0.6) is 0 Å². The van der Waals surface area contributed by atoms with Gasteiger partial charge in [0.2, 0.25) is 0 Å². The van der Waals surface area contributed by atoms with Crippen molar-refractivity contribution in [1.82, 2.24) is 15.1 Å². The molecule has 148 valence electrons. The topological polar surface area (TPSA) is 102 Å². The highest BCUT2D eigenvalue weighted by molar-refractivity contribution is 5.74. The molecule has 3 N–H and O–H groups in total. The number of urea groups is 1. The van der Waals surface area contributed by atoms with Crippen molar-refractivity contribution in [3.63, 3.8) is 0 Å². The molecule has 0 aromatic rings. The highest BCUT2D eigenvalue weighted by atomic mass is 16.5. The molecule has 0 saturated heterocycles. The maximum absolute atomic E-state index is 12.2. The lowest BCUT2D eigenvalue weighted by Crippen LogP contribution is -2.47. The third-order valence-corrected chi connectivity index (χ3v) is 3.59. The van der Waals surface area contributed by atoms with Gasteiger partial charge < -0.3 is 30.1 Å². The van der Waals surface area contributed by atoms with Crippen molar-refractivity contribution >= 4 is 12.1 Å². The molecule has 0 heterocycles. The highest BCUT2D eigenvalue weighted by Gasteiger charge is 2.25. The molecule has 0 fully saturated rings. The molecular formula is C17H35N3O5. The van der Waals surface area contributed by atoms with Gasteiger partial charge in [-0.2, -0.15) is 0 Å². The third kappa shape index (κ3) is 10.1. The number of ether oxygens (including phenoxy) is 1.